The first kappa shape index (κ1) is 21.2. The average molecular weight is 443 g/mol. The maximum absolute atomic E-state index is 12.8. The normalized spacial score (nSPS) is 32.3. The molecular formula is C20H23F2NO6S. The zero-order chi connectivity index (χ0) is 21.7. The molecule has 5 rings (SSSR count). The number of esters is 1. The monoisotopic (exact) mass is 443 g/mol. The van der Waals surface area contributed by atoms with Gasteiger partial charge in [-0.15, -0.1) is 0 Å². The average Bonchev–Trinajstić information content (AvgIpc) is 2.64. The molecule has 1 aromatic rings. The number of sulfone groups is 1. The minimum Gasteiger partial charge on any atom is -0.455 e. The molecule has 4 fully saturated rings. The molecule has 4 aliphatic carbocycles. The van der Waals surface area contributed by atoms with Crippen molar-refractivity contribution in [3.8, 4) is 0 Å². The second-order valence-corrected chi connectivity index (χ2v) is 10.8. The molecule has 1 aromatic carbocycles. The minimum atomic E-state index is -4.71. The molecule has 2 atom stereocenters. The molecular weight excluding hydrogens is 420 g/mol. The van der Waals surface area contributed by atoms with Crippen LogP contribution in [0.15, 0.2) is 29.2 Å². The number of carbonyl (C=O) groups excluding carboxylic acids is 2. The maximum atomic E-state index is 12.8. The van der Waals surface area contributed by atoms with Gasteiger partial charge in [0.25, 0.3) is 5.91 Å². The highest BCUT2D eigenvalue weighted by Crippen LogP contribution is 2.61. The third kappa shape index (κ3) is 3.82. The largest absolute Gasteiger partial charge is 0.455 e. The fourth-order valence-electron chi connectivity index (χ4n) is 5.77. The topological polar surface area (TPSA) is 110 Å². The number of carbonyl (C=O) groups is 2. The van der Waals surface area contributed by atoms with Crippen LogP contribution in [-0.4, -0.2) is 43.4 Å². The van der Waals surface area contributed by atoms with Gasteiger partial charge in [-0.2, -0.15) is 8.78 Å². The van der Waals surface area contributed by atoms with Crippen molar-refractivity contribution in [3.05, 3.63) is 24.3 Å². The lowest BCUT2D eigenvalue weighted by atomic mass is 9.48. The van der Waals surface area contributed by atoms with Crippen molar-refractivity contribution in [1.82, 2.24) is 0 Å². The van der Waals surface area contributed by atoms with E-state index in [9.17, 15) is 31.9 Å². The Hall–Kier alpha value is -2.07. The zero-order valence-electron chi connectivity index (χ0n) is 16.1. The molecule has 164 valence electrons. The van der Waals surface area contributed by atoms with Gasteiger partial charge >= 0.3 is 11.7 Å². The van der Waals surface area contributed by atoms with Gasteiger partial charge in [0.05, 0.1) is 15.9 Å². The Morgan fingerprint density at radius 3 is 2.27 bits per heavy atom. The summed E-state index contributed by atoms with van der Waals surface area (Å²) >= 11 is 0. The van der Waals surface area contributed by atoms with E-state index >= 15 is 0 Å². The van der Waals surface area contributed by atoms with Gasteiger partial charge in [-0.1, -0.05) is 0 Å². The van der Waals surface area contributed by atoms with Crippen molar-refractivity contribution < 1.29 is 36.6 Å². The molecule has 0 aliphatic heterocycles. The number of aliphatic hydroxyl groups is 1. The van der Waals surface area contributed by atoms with E-state index in [1.807, 2.05) is 0 Å². The van der Waals surface area contributed by atoms with Crippen LogP contribution in [0.3, 0.4) is 0 Å². The molecule has 4 bridgehead atoms. The molecule has 0 heterocycles. The van der Waals surface area contributed by atoms with Gasteiger partial charge in [-0.25, -0.2) is 8.42 Å². The molecule has 0 spiro atoms. The lowest BCUT2D eigenvalue weighted by molar-refractivity contribution is -0.196. The summed E-state index contributed by atoms with van der Waals surface area (Å²) in [5, 5.41) is 13.2. The van der Waals surface area contributed by atoms with E-state index in [0.717, 1.165) is 31.4 Å². The molecule has 7 nitrogen and oxygen atoms in total. The number of halogens is 2. The van der Waals surface area contributed by atoms with Gasteiger partial charge in [-0.3, -0.25) is 9.59 Å². The molecule has 0 aromatic heterocycles. The van der Waals surface area contributed by atoms with Gasteiger partial charge in [-0.05, 0) is 74.6 Å². The molecule has 1 amide bonds. The van der Waals surface area contributed by atoms with Crippen molar-refractivity contribution in [2.24, 2.45) is 17.3 Å². The highest BCUT2D eigenvalue weighted by molar-refractivity contribution is 7.91. The van der Waals surface area contributed by atoms with Crippen LogP contribution in [0, 0.1) is 17.3 Å². The lowest BCUT2D eigenvalue weighted by Gasteiger charge is -2.58. The van der Waals surface area contributed by atoms with Crippen LogP contribution >= 0.6 is 0 Å². The standard InChI is InChI=1S/C20H23F2NO6S/c21-18(22)30(27,28)15-3-1-14(2-4-15)23-16(24)10-29-17(25)19-6-12-5-13(7-19)9-20(26,8-12)11-19/h1-4,12-13,18,26H,5-11H2,(H,23,24). The number of alkyl halides is 2. The SMILES string of the molecule is O=C(COC(=O)C12CC3CC(CC(O)(C3)C1)C2)Nc1ccc(S(=O)(=O)C(F)F)cc1. The van der Waals surface area contributed by atoms with Gasteiger partial charge in [0.15, 0.2) is 6.61 Å². The summed E-state index contributed by atoms with van der Waals surface area (Å²) in [7, 11) is -4.71. The van der Waals surface area contributed by atoms with E-state index in [2.05, 4.69) is 5.32 Å². The van der Waals surface area contributed by atoms with Crippen molar-refractivity contribution in [1.29, 1.82) is 0 Å². The third-order valence-electron chi connectivity index (χ3n) is 6.50. The van der Waals surface area contributed by atoms with E-state index in [1.165, 1.54) is 12.1 Å². The Morgan fingerprint density at radius 1 is 1.13 bits per heavy atom. The minimum absolute atomic E-state index is 0.188. The van der Waals surface area contributed by atoms with E-state index in [1.54, 1.807) is 0 Å². The Kier molecular flexibility index (Phi) is 5.13. The summed E-state index contributed by atoms with van der Waals surface area (Å²) in [4.78, 5) is 24.3. The highest BCUT2D eigenvalue weighted by atomic mass is 32.2. The van der Waals surface area contributed by atoms with Gasteiger partial charge in [0.1, 0.15) is 0 Å². The molecule has 2 N–H and O–H groups in total. The number of anilines is 1. The van der Waals surface area contributed by atoms with Crippen molar-refractivity contribution in [2.75, 3.05) is 11.9 Å². The van der Waals surface area contributed by atoms with Gasteiger partial charge in [0, 0.05) is 5.69 Å². The smallest absolute Gasteiger partial charge is 0.341 e. The summed E-state index contributed by atoms with van der Waals surface area (Å²) in [5.41, 5.74) is -1.36. The first-order chi connectivity index (χ1) is 14.0. The lowest BCUT2D eigenvalue weighted by Crippen LogP contribution is -2.58. The fraction of sp³-hybridized carbons (Fsp3) is 0.600. The first-order valence-corrected chi connectivity index (χ1v) is 11.4. The van der Waals surface area contributed by atoms with E-state index < -0.39 is 50.0 Å². The fourth-order valence-corrected chi connectivity index (χ4v) is 6.49. The van der Waals surface area contributed by atoms with Crippen LogP contribution in [0.4, 0.5) is 14.5 Å². The number of benzene rings is 1. The van der Waals surface area contributed by atoms with Crippen LogP contribution in [0.1, 0.15) is 38.5 Å². The van der Waals surface area contributed by atoms with E-state index in [4.69, 9.17) is 4.74 Å². The van der Waals surface area contributed by atoms with Crippen LogP contribution < -0.4 is 5.32 Å². The third-order valence-corrected chi connectivity index (χ3v) is 7.90. The number of ether oxygens (including phenoxy) is 1. The molecule has 0 saturated heterocycles. The molecule has 0 radical (unpaired) electrons. The van der Waals surface area contributed by atoms with Gasteiger partial charge < -0.3 is 15.2 Å². The predicted molar refractivity (Wildman–Crippen MR) is 101 cm³/mol. The first-order valence-electron chi connectivity index (χ1n) is 9.83. The summed E-state index contributed by atoms with van der Waals surface area (Å²) in [5.74, 6) is -4.01. The quantitative estimate of drug-likeness (QED) is 0.654. The highest BCUT2D eigenvalue weighted by Gasteiger charge is 2.60. The summed E-state index contributed by atoms with van der Waals surface area (Å²) in [6, 6.07) is 4.31. The van der Waals surface area contributed by atoms with Crippen LogP contribution in [0.5, 0.6) is 0 Å². The number of hydrogen-bond donors (Lipinski definition) is 2. The summed E-state index contributed by atoms with van der Waals surface area (Å²) in [6.45, 7) is -0.522. The van der Waals surface area contributed by atoms with Crippen LogP contribution in [0.25, 0.3) is 0 Å². The zero-order valence-corrected chi connectivity index (χ0v) is 17.0. The van der Waals surface area contributed by atoms with Crippen molar-refractivity contribution >= 4 is 27.4 Å². The molecule has 4 aliphatic rings. The van der Waals surface area contributed by atoms with Crippen LogP contribution in [0.2, 0.25) is 0 Å². The summed E-state index contributed by atoms with van der Waals surface area (Å²) in [6.07, 6.45) is 4.17. The van der Waals surface area contributed by atoms with Crippen molar-refractivity contribution in [2.45, 2.75) is 54.8 Å². The summed E-state index contributed by atoms with van der Waals surface area (Å²) < 4.78 is 53.2. The number of hydrogen-bond acceptors (Lipinski definition) is 6. The second kappa shape index (κ2) is 7.26. The van der Waals surface area contributed by atoms with E-state index in [-0.39, 0.29) is 5.69 Å². The second-order valence-electron chi connectivity index (χ2n) is 8.92. The van der Waals surface area contributed by atoms with Crippen LogP contribution in [-0.2, 0) is 24.2 Å². The predicted octanol–water partition coefficient (Wildman–Crippen LogP) is 2.50. The van der Waals surface area contributed by atoms with Gasteiger partial charge in [0.2, 0.25) is 9.84 Å². The number of nitrogens with one attached hydrogen (secondary N) is 1. The maximum Gasteiger partial charge on any atom is 0.341 e. The Bertz CT molecular complexity index is 948. The number of rotatable bonds is 6. The number of amides is 1. The molecule has 2 unspecified atom stereocenters. The van der Waals surface area contributed by atoms with Crippen molar-refractivity contribution in [3.63, 3.8) is 0 Å². The Labute approximate surface area is 172 Å². The van der Waals surface area contributed by atoms with E-state index in [0.29, 0.717) is 31.1 Å². The molecule has 4 saturated carbocycles. The Morgan fingerprint density at radius 2 is 1.73 bits per heavy atom. The molecule has 30 heavy (non-hydrogen) atoms. The Balaban J connectivity index is 1.34. The molecule has 10 heteroatoms.